The molecule has 26 heavy (non-hydrogen) atoms. The minimum atomic E-state index is -0.746. The first-order valence-corrected chi connectivity index (χ1v) is 10.3. The average Bonchev–Trinajstić information content (AvgIpc) is 3.13. The second kappa shape index (κ2) is 6.88. The van der Waals surface area contributed by atoms with Crippen molar-refractivity contribution in [2.45, 2.75) is 51.0 Å². The minimum absolute atomic E-state index is 0.0300. The molecule has 0 bridgehead atoms. The molecule has 1 atom stereocenters. The normalized spacial score (nSPS) is 21.7. The van der Waals surface area contributed by atoms with Crippen LogP contribution in [0.5, 0.6) is 0 Å². The van der Waals surface area contributed by atoms with Crippen LogP contribution in [0.1, 0.15) is 42.9 Å². The van der Waals surface area contributed by atoms with E-state index in [1.54, 1.807) is 16.2 Å². The van der Waals surface area contributed by atoms with Gasteiger partial charge in [-0.25, -0.2) is 0 Å². The van der Waals surface area contributed by atoms with Crippen molar-refractivity contribution in [2.75, 3.05) is 11.9 Å². The molecule has 2 aliphatic rings. The number of rotatable bonds is 4. The molecule has 2 aromatic rings. The van der Waals surface area contributed by atoms with Crippen molar-refractivity contribution >= 4 is 28.8 Å². The van der Waals surface area contributed by atoms with Crippen molar-refractivity contribution in [3.8, 4) is 0 Å². The van der Waals surface area contributed by atoms with Crippen LogP contribution in [0.3, 0.4) is 0 Å². The summed E-state index contributed by atoms with van der Waals surface area (Å²) in [6.07, 6.45) is 5.57. The van der Waals surface area contributed by atoms with E-state index >= 15 is 0 Å². The first kappa shape index (κ1) is 17.3. The molecular formula is C21H24N2O2S. The Kier molecular flexibility index (Phi) is 4.57. The third-order valence-corrected chi connectivity index (χ3v) is 6.52. The number of fused-ring (bicyclic) bond motifs is 1. The van der Waals surface area contributed by atoms with Crippen LogP contribution in [-0.2, 0) is 28.9 Å². The molecule has 1 N–H and O–H groups in total. The Morgan fingerprint density at radius 2 is 2.08 bits per heavy atom. The predicted molar refractivity (Wildman–Crippen MR) is 104 cm³/mol. The van der Waals surface area contributed by atoms with Gasteiger partial charge in [0.2, 0.25) is 11.8 Å². The van der Waals surface area contributed by atoms with Gasteiger partial charge >= 0.3 is 0 Å². The van der Waals surface area contributed by atoms with Gasteiger partial charge in [-0.2, -0.15) is 11.3 Å². The van der Waals surface area contributed by atoms with Gasteiger partial charge in [0.1, 0.15) is 5.54 Å². The van der Waals surface area contributed by atoms with Crippen molar-refractivity contribution in [1.29, 1.82) is 0 Å². The molecule has 1 saturated heterocycles. The fourth-order valence-electron chi connectivity index (χ4n) is 4.01. The van der Waals surface area contributed by atoms with Gasteiger partial charge in [0, 0.05) is 12.2 Å². The van der Waals surface area contributed by atoms with Gasteiger partial charge < -0.3 is 10.2 Å². The van der Waals surface area contributed by atoms with Crippen LogP contribution in [0, 0.1) is 0 Å². The number of carbonyl (C=O) groups is 2. The maximum absolute atomic E-state index is 13.0. The lowest BCUT2D eigenvalue weighted by Crippen LogP contribution is -2.66. The van der Waals surface area contributed by atoms with E-state index in [2.05, 4.69) is 11.4 Å². The van der Waals surface area contributed by atoms with E-state index in [9.17, 15) is 9.59 Å². The molecule has 5 heteroatoms. The minimum Gasteiger partial charge on any atom is -0.328 e. The molecule has 1 aliphatic carbocycles. The van der Waals surface area contributed by atoms with Crippen molar-refractivity contribution in [3.05, 3.63) is 51.7 Å². The first-order valence-electron chi connectivity index (χ1n) is 9.32. The van der Waals surface area contributed by atoms with E-state index in [1.807, 2.05) is 35.9 Å². The first-order chi connectivity index (χ1) is 12.6. The molecule has 0 spiro atoms. The maximum atomic E-state index is 13.0. The number of benzene rings is 1. The zero-order valence-corrected chi connectivity index (χ0v) is 15.9. The standard InChI is InChI=1S/C21H24N2O2S/c1-21(10-11-23(21)19(24)13-15-9-12-26-14-15)20(25)22-18-8-4-6-16-5-2-3-7-17(16)18/h4,6,8-9,12,14H,2-3,5,7,10-11,13H2,1H3,(H,22,25). The largest absolute Gasteiger partial charge is 0.328 e. The second-order valence-electron chi connectivity index (χ2n) is 7.48. The number of carbonyl (C=O) groups excluding carboxylic acids is 2. The van der Waals surface area contributed by atoms with Crippen molar-refractivity contribution < 1.29 is 9.59 Å². The van der Waals surface area contributed by atoms with Crippen LogP contribution in [-0.4, -0.2) is 28.8 Å². The lowest BCUT2D eigenvalue weighted by atomic mass is 9.84. The van der Waals surface area contributed by atoms with Gasteiger partial charge in [0.15, 0.2) is 0 Å². The average molecular weight is 369 g/mol. The molecule has 2 amide bonds. The summed E-state index contributed by atoms with van der Waals surface area (Å²) in [5.74, 6) is -0.0382. The Balaban J connectivity index is 1.48. The van der Waals surface area contributed by atoms with Crippen molar-refractivity contribution in [3.63, 3.8) is 0 Å². The molecule has 1 aliphatic heterocycles. The highest BCUT2D eigenvalue weighted by Gasteiger charge is 2.49. The molecule has 1 aromatic heterocycles. The maximum Gasteiger partial charge on any atom is 0.250 e. The highest BCUT2D eigenvalue weighted by Crippen LogP contribution is 2.34. The van der Waals surface area contributed by atoms with Gasteiger partial charge in [-0.1, -0.05) is 12.1 Å². The number of nitrogens with one attached hydrogen (secondary N) is 1. The third-order valence-electron chi connectivity index (χ3n) is 5.79. The van der Waals surface area contributed by atoms with E-state index < -0.39 is 5.54 Å². The van der Waals surface area contributed by atoms with E-state index in [0.29, 0.717) is 19.4 Å². The number of nitrogens with zero attached hydrogens (tertiary/aromatic N) is 1. The Labute approximate surface area is 158 Å². The topological polar surface area (TPSA) is 49.4 Å². The van der Waals surface area contributed by atoms with Gasteiger partial charge in [-0.3, -0.25) is 9.59 Å². The van der Waals surface area contributed by atoms with Crippen LogP contribution in [0.4, 0.5) is 5.69 Å². The number of anilines is 1. The Hall–Kier alpha value is -2.14. The summed E-state index contributed by atoms with van der Waals surface area (Å²) in [6, 6.07) is 8.13. The van der Waals surface area contributed by atoms with E-state index in [1.165, 1.54) is 24.0 Å². The number of hydrogen-bond acceptors (Lipinski definition) is 3. The Morgan fingerprint density at radius 3 is 2.81 bits per heavy atom. The molecule has 1 unspecified atom stereocenters. The summed E-state index contributed by atoms with van der Waals surface area (Å²) in [5, 5.41) is 7.09. The number of thiophene rings is 1. The Morgan fingerprint density at radius 1 is 1.23 bits per heavy atom. The fourth-order valence-corrected chi connectivity index (χ4v) is 4.68. The molecule has 0 saturated carbocycles. The SMILES string of the molecule is CC1(C(=O)Nc2cccc3c2CCCC3)CCN1C(=O)Cc1ccsc1. The van der Waals surface area contributed by atoms with Gasteiger partial charge in [-0.05, 0) is 78.6 Å². The lowest BCUT2D eigenvalue weighted by molar-refractivity contribution is -0.154. The fraction of sp³-hybridized carbons (Fsp3) is 0.429. The summed E-state index contributed by atoms with van der Waals surface area (Å²) in [6.45, 7) is 2.53. The van der Waals surface area contributed by atoms with Crippen molar-refractivity contribution in [2.24, 2.45) is 0 Å². The molecule has 1 fully saturated rings. The summed E-state index contributed by atoms with van der Waals surface area (Å²) in [5.41, 5.74) is 3.81. The monoisotopic (exact) mass is 368 g/mol. The molecule has 0 radical (unpaired) electrons. The Bertz CT molecular complexity index is 831. The predicted octanol–water partition coefficient (Wildman–Crippen LogP) is 3.80. The van der Waals surface area contributed by atoms with Crippen LogP contribution in [0.2, 0.25) is 0 Å². The summed E-state index contributed by atoms with van der Waals surface area (Å²) < 4.78 is 0. The molecule has 2 heterocycles. The zero-order chi connectivity index (χ0) is 18.1. The van der Waals surface area contributed by atoms with Crippen molar-refractivity contribution in [1.82, 2.24) is 4.90 Å². The van der Waals surface area contributed by atoms with E-state index in [-0.39, 0.29) is 11.8 Å². The lowest BCUT2D eigenvalue weighted by Gasteiger charge is -2.49. The van der Waals surface area contributed by atoms with E-state index in [4.69, 9.17) is 0 Å². The van der Waals surface area contributed by atoms with Gasteiger partial charge in [-0.15, -0.1) is 0 Å². The summed E-state index contributed by atoms with van der Waals surface area (Å²) in [4.78, 5) is 27.4. The quantitative estimate of drug-likeness (QED) is 0.892. The molecule has 136 valence electrons. The number of hydrogen-bond donors (Lipinski definition) is 1. The molecular weight excluding hydrogens is 344 g/mol. The van der Waals surface area contributed by atoms with Gasteiger partial charge in [0.05, 0.1) is 6.42 Å². The van der Waals surface area contributed by atoms with Gasteiger partial charge in [0.25, 0.3) is 0 Å². The van der Waals surface area contributed by atoms with Crippen LogP contribution in [0.15, 0.2) is 35.0 Å². The molecule has 1 aromatic carbocycles. The zero-order valence-electron chi connectivity index (χ0n) is 15.1. The number of aryl methyl sites for hydroxylation is 1. The second-order valence-corrected chi connectivity index (χ2v) is 8.26. The third kappa shape index (κ3) is 3.05. The highest BCUT2D eigenvalue weighted by molar-refractivity contribution is 7.08. The number of amides is 2. The van der Waals surface area contributed by atoms with E-state index in [0.717, 1.165) is 24.1 Å². The summed E-state index contributed by atoms with van der Waals surface area (Å²) >= 11 is 1.59. The number of likely N-dealkylation sites (tertiary alicyclic amines) is 1. The van der Waals surface area contributed by atoms with Crippen LogP contribution >= 0.6 is 11.3 Å². The smallest absolute Gasteiger partial charge is 0.250 e. The molecule has 4 rings (SSSR count). The highest BCUT2D eigenvalue weighted by atomic mass is 32.1. The van der Waals surface area contributed by atoms with Crippen LogP contribution < -0.4 is 5.32 Å². The summed E-state index contributed by atoms with van der Waals surface area (Å²) in [7, 11) is 0. The van der Waals surface area contributed by atoms with Crippen LogP contribution in [0.25, 0.3) is 0 Å². The molecule has 4 nitrogen and oxygen atoms in total.